The molecule has 4 heteroatoms. The van der Waals surface area contributed by atoms with Gasteiger partial charge in [-0.2, -0.15) is 0 Å². The molecule has 0 saturated carbocycles. The molecule has 0 heterocycles. The second-order valence-corrected chi connectivity index (χ2v) is 3.72. The van der Waals surface area contributed by atoms with E-state index < -0.39 is 11.9 Å². The zero-order valence-corrected chi connectivity index (χ0v) is 9.74. The van der Waals surface area contributed by atoms with Crippen LogP contribution in [0.3, 0.4) is 0 Å². The molecular formula is C12H17FO3. The van der Waals surface area contributed by atoms with Crippen LogP contribution in [0, 0.1) is 5.82 Å². The molecule has 1 unspecified atom stereocenters. The van der Waals surface area contributed by atoms with E-state index in [1.807, 2.05) is 6.92 Å². The van der Waals surface area contributed by atoms with Crippen molar-refractivity contribution in [3.05, 3.63) is 29.6 Å². The molecule has 1 aromatic carbocycles. The quantitative estimate of drug-likeness (QED) is 0.840. The van der Waals surface area contributed by atoms with Gasteiger partial charge in [0.15, 0.2) is 0 Å². The Kier molecular flexibility index (Phi) is 4.71. The zero-order chi connectivity index (χ0) is 12.1. The van der Waals surface area contributed by atoms with Crippen molar-refractivity contribution in [2.45, 2.75) is 26.1 Å². The molecule has 0 bridgehead atoms. The van der Waals surface area contributed by atoms with Gasteiger partial charge in [-0.1, -0.05) is 0 Å². The number of rotatable bonds is 5. The second kappa shape index (κ2) is 5.82. The van der Waals surface area contributed by atoms with Crippen molar-refractivity contribution < 1.29 is 19.0 Å². The molecule has 0 saturated heterocycles. The molecule has 0 aliphatic heterocycles. The van der Waals surface area contributed by atoms with Crippen LogP contribution in [-0.4, -0.2) is 24.9 Å². The molecule has 0 radical (unpaired) electrons. The van der Waals surface area contributed by atoms with E-state index in [0.29, 0.717) is 12.4 Å². The minimum Gasteiger partial charge on any atom is -0.491 e. The summed E-state index contributed by atoms with van der Waals surface area (Å²) in [6, 6.07) is 4.42. The van der Waals surface area contributed by atoms with Crippen LogP contribution in [0.2, 0.25) is 0 Å². The number of hydrogen-bond acceptors (Lipinski definition) is 3. The van der Waals surface area contributed by atoms with Crippen molar-refractivity contribution in [3.8, 4) is 5.75 Å². The highest BCUT2D eigenvalue weighted by Gasteiger charge is 2.09. The van der Waals surface area contributed by atoms with Crippen molar-refractivity contribution in [2.75, 3.05) is 13.7 Å². The monoisotopic (exact) mass is 228 g/mol. The topological polar surface area (TPSA) is 38.7 Å². The fraction of sp³-hybridized carbons (Fsp3) is 0.500. The first-order valence-electron chi connectivity index (χ1n) is 5.17. The van der Waals surface area contributed by atoms with Crippen LogP contribution in [0.4, 0.5) is 4.39 Å². The average Bonchev–Trinajstić information content (AvgIpc) is 2.25. The van der Waals surface area contributed by atoms with E-state index in [1.165, 1.54) is 19.1 Å². The van der Waals surface area contributed by atoms with Gasteiger partial charge in [0.25, 0.3) is 0 Å². The van der Waals surface area contributed by atoms with Crippen LogP contribution in [0.25, 0.3) is 0 Å². The maximum absolute atomic E-state index is 13.4. The molecule has 1 N–H and O–H groups in total. The van der Waals surface area contributed by atoms with Crippen molar-refractivity contribution in [2.24, 2.45) is 0 Å². The maximum atomic E-state index is 13.4. The Morgan fingerprint density at radius 1 is 1.38 bits per heavy atom. The number of benzene rings is 1. The standard InChI is InChI=1S/C12H17FO3/c1-8(15-3)7-16-10-4-5-11(9(2)14)12(13)6-10/h4-6,8-9,14H,7H2,1-3H3/t8?,9-/m0/s1. The van der Waals surface area contributed by atoms with Crippen LogP contribution in [0.1, 0.15) is 25.5 Å². The van der Waals surface area contributed by atoms with Gasteiger partial charge in [0, 0.05) is 18.7 Å². The van der Waals surface area contributed by atoms with E-state index in [-0.39, 0.29) is 11.7 Å². The summed E-state index contributed by atoms with van der Waals surface area (Å²) in [6.07, 6.45) is -0.855. The van der Waals surface area contributed by atoms with Crippen LogP contribution >= 0.6 is 0 Å². The van der Waals surface area contributed by atoms with Gasteiger partial charge in [0.05, 0.1) is 12.2 Å². The van der Waals surface area contributed by atoms with Gasteiger partial charge in [-0.25, -0.2) is 4.39 Å². The molecule has 1 aromatic rings. The molecule has 90 valence electrons. The third kappa shape index (κ3) is 3.47. The molecule has 0 aliphatic carbocycles. The number of aliphatic hydroxyl groups is 1. The lowest BCUT2D eigenvalue weighted by atomic mass is 10.1. The Morgan fingerprint density at radius 3 is 2.56 bits per heavy atom. The highest BCUT2D eigenvalue weighted by molar-refractivity contribution is 5.30. The Morgan fingerprint density at radius 2 is 2.06 bits per heavy atom. The molecule has 0 aromatic heterocycles. The summed E-state index contributed by atoms with van der Waals surface area (Å²) in [4.78, 5) is 0. The first kappa shape index (κ1) is 12.9. The van der Waals surface area contributed by atoms with Crippen LogP contribution < -0.4 is 4.74 Å². The highest BCUT2D eigenvalue weighted by Crippen LogP contribution is 2.21. The summed E-state index contributed by atoms with van der Waals surface area (Å²) in [5.41, 5.74) is 0.270. The third-order valence-electron chi connectivity index (χ3n) is 2.31. The molecule has 3 nitrogen and oxygen atoms in total. The predicted molar refractivity (Wildman–Crippen MR) is 59.0 cm³/mol. The zero-order valence-electron chi connectivity index (χ0n) is 9.74. The van der Waals surface area contributed by atoms with E-state index in [2.05, 4.69) is 0 Å². The van der Waals surface area contributed by atoms with Crippen molar-refractivity contribution in [3.63, 3.8) is 0 Å². The summed E-state index contributed by atoms with van der Waals surface area (Å²) in [5, 5.41) is 9.25. The van der Waals surface area contributed by atoms with Gasteiger partial charge in [0.1, 0.15) is 18.2 Å². The third-order valence-corrected chi connectivity index (χ3v) is 2.31. The fourth-order valence-corrected chi connectivity index (χ4v) is 1.22. The molecule has 16 heavy (non-hydrogen) atoms. The molecule has 0 amide bonds. The average molecular weight is 228 g/mol. The highest BCUT2D eigenvalue weighted by atomic mass is 19.1. The lowest BCUT2D eigenvalue weighted by Gasteiger charge is -2.13. The van der Waals surface area contributed by atoms with Gasteiger partial charge < -0.3 is 14.6 Å². The normalized spacial score (nSPS) is 14.6. The van der Waals surface area contributed by atoms with E-state index in [9.17, 15) is 9.50 Å². The molecule has 0 spiro atoms. The van der Waals surface area contributed by atoms with E-state index in [1.54, 1.807) is 13.2 Å². The molecule has 0 fully saturated rings. The number of halogens is 1. The van der Waals surface area contributed by atoms with Crippen molar-refractivity contribution in [1.29, 1.82) is 0 Å². The predicted octanol–water partition coefficient (Wildman–Crippen LogP) is 2.29. The summed E-state index contributed by atoms with van der Waals surface area (Å²) < 4.78 is 23.8. The van der Waals surface area contributed by atoms with Gasteiger partial charge in [-0.15, -0.1) is 0 Å². The number of hydrogen-bond donors (Lipinski definition) is 1. The van der Waals surface area contributed by atoms with Crippen LogP contribution in [0.5, 0.6) is 5.75 Å². The number of methoxy groups -OCH3 is 1. The first-order chi connectivity index (χ1) is 7.54. The molecule has 2 atom stereocenters. The Balaban J connectivity index is 2.66. The lowest BCUT2D eigenvalue weighted by molar-refractivity contribution is 0.0715. The number of aliphatic hydroxyl groups excluding tert-OH is 1. The first-order valence-corrected chi connectivity index (χ1v) is 5.17. The molecular weight excluding hydrogens is 211 g/mol. The summed E-state index contributed by atoms with van der Waals surface area (Å²) in [5.74, 6) is -0.0247. The number of ether oxygens (including phenoxy) is 2. The molecule has 1 rings (SSSR count). The van der Waals surface area contributed by atoms with Crippen LogP contribution in [0.15, 0.2) is 18.2 Å². The minimum absolute atomic E-state index is 0.0421. The van der Waals surface area contributed by atoms with Gasteiger partial charge >= 0.3 is 0 Å². The van der Waals surface area contributed by atoms with E-state index in [0.717, 1.165) is 0 Å². The van der Waals surface area contributed by atoms with Crippen molar-refractivity contribution >= 4 is 0 Å². The Bertz CT molecular complexity index is 339. The summed E-state index contributed by atoms with van der Waals surface area (Å²) in [6.45, 7) is 3.75. The maximum Gasteiger partial charge on any atom is 0.132 e. The summed E-state index contributed by atoms with van der Waals surface area (Å²) in [7, 11) is 1.59. The van der Waals surface area contributed by atoms with E-state index in [4.69, 9.17) is 9.47 Å². The molecule has 0 aliphatic rings. The van der Waals surface area contributed by atoms with Gasteiger partial charge in [0.2, 0.25) is 0 Å². The van der Waals surface area contributed by atoms with Crippen molar-refractivity contribution in [1.82, 2.24) is 0 Å². The van der Waals surface area contributed by atoms with Crippen LogP contribution in [-0.2, 0) is 4.74 Å². The Hall–Kier alpha value is -1.13. The van der Waals surface area contributed by atoms with E-state index >= 15 is 0 Å². The fourth-order valence-electron chi connectivity index (χ4n) is 1.22. The SMILES string of the molecule is COC(C)COc1ccc([C@H](C)O)c(F)c1. The lowest BCUT2D eigenvalue weighted by Crippen LogP contribution is -2.16. The smallest absolute Gasteiger partial charge is 0.132 e. The van der Waals surface area contributed by atoms with Gasteiger partial charge in [-0.3, -0.25) is 0 Å². The van der Waals surface area contributed by atoms with Gasteiger partial charge in [-0.05, 0) is 26.0 Å². The minimum atomic E-state index is -0.813. The largest absolute Gasteiger partial charge is 0.491 e. The summed E-state index contributed by atoms with van der Waals surface area (Å²) >= 11 is 0. The second-order valence-electron chi connectivity index (χ2n) is 3.72. The Labute approximate surface area is 94.8 Å².